The lowest BCUT2D eigenvalue weighted by atomic mass is 9.96. The zero-order chi connectivity index (χ0) is 15.5. The molecule has 2 fully saturated rings. The highest BCUT2D eigenvalue weighted by atomic mass is 32.1. The fourth-order valence-corrected chi connectivity index (χ4v) is 4.30. The second-order valence-electron chi connectivity index (χ2n) is 6.69. The molecule has 116 valence electrons. The van der Waals surface area contributed by atoms with Crippen LogP contribution < -0.4 is 10.6 Å². The van der Waals surface area contributed by atoms with Gasteiger partial charge in [-0.3, -0.25) is 0 Å². The van der Waals surface area contributed by atoms with Crippen molar-refractivity contribution in [1.82, 2.24) is 10.3 Å². The number of carbonyl (C=O) groups excluding carboxylic acids is 1. The van der Waals surface area contributed by atoms with Crippen LogP contribution in [0.2, 0.25) is 0 Å². The lowest BCUT2D eigenvalue weighted by Gasteiger charge is -2.31. The Morgan fingerprint density at radius 3 is 2.95 bits per heavy atom. The molecule has 2 heterocycles. The highest BCUT2D eigenvalue weighted by Gasteiger charge is 2.69. The Balaban J connectivity index is 1.49. The number of fused-ring (bicyclic) bond motifs is 2. The minimum Gasteiger partial charge on any atom is -0.373 e. The van der Waals surface area contributed by atoms with E-state index in [0.29, 0.717) is 5.92 Å². The van der Waals surface area contributed by atoms with Crippen LogP contribution in [-0.2, 0) is 4.74 Å². The molecule has 5 nitrogen and oxygen atoms in total. The molecule has 1 aromatic heterocycles. The van der Waals surface area contributed by atoms with E-state index in [2.05, 4.69) is 15.6 Å². The first-order chi connectivity index (χ1) is 10.4. The number of hydrogen-bond acceptors (Lipinski definition) is 4. The summed E-state index contributed by atoms with van der Waals surface area (Å²) in [7, 11) is 0. The summed E-state index contributed by atoms with van der Waals surface area (Å²) in [5.41, 5.74) is 1.18. The molecule has 22 heavy (non-hydrogen) atoms. The van der Waals surface area contributed by atoms with Gasteiger partial charge < -0.3 is 15.4 Å². The zero-order valence-corrected chi connectivity index (χ0v) is 13.7. The molecular weight excluding hydrogens is 298 g/mol. The third kappa shape index (κ3) is 2.01. The summed E-state index contributed by atoms with van der Waals surface area (Å²) in [5, 5.41) is 7.08. The summed E-state index contributed by atoms with van der Waals surface area (Å²) in [6, 6.07) is 5.65. The van der Waals surface area contributed by atoms with E-state index in [4.69, 9.17) is 4.74 Å². The first-order valence-electron chi connectivity index (χ1n) is 7.50. The van der Waals surface area contributed by atoms with Crippen molar-refractivity contribution in [3.63, 3.8) is 0 Å². The maximum Gasteiger partial charge on any atom is 0.319 e. The van der Waals surface area contributed by atoms with Crippen molar-refractivity contribution in [3.8, 4) is 0 Å². The molecule has 0 radical (unpaired) electrons. The van der Waals surface area contributed by atoms with E-state index in [1.807, 2.05) is 39.0 Å². The lowest BCUT2D eigenvalue weighted by Crippen LogP contribution is -2.52. The van der Waals surface area contributed by atoms with Gasteiger partial charge in [0.05, 0.1) is 33.0 Å². The normalized spacial score (nSPS) is 28.4. The number of amides is 2. The fourth-order valence-electron chi connectivity index (χ4n) is 3.49. The molecule has 2 amide bonds. The smallest absolute Gasteiger partial charge is 0.319 e. The first-order valence-corrected chi connectivity index (χ1v) is 8.32. The molecule has 2 aromatic rings. The number of hydrogen-bond donors (Lipinski definition) is 2. The number of aromatic nitrogens is 1. The Hall–Kier alpha value is -1.66. The molecule has 2 unspecified atom stereocenters. The average Bonchev–Trinajstić information content (AvgIpc) is 2.93. The molecule has 6 heteroatoms. The third-order valence-electron chi connectivity index (χ3n) is 4.91. The highest BCUT2D eigenvalue weighted by Crippen LogP contribution is 2.57. The number of benzene rings is 1. The van der Waals surface area contributed by atoms with Gasteiger partial charge in [0.2, 0.25) is 0 Å². The Morgan fingerprint density at radius 1 is 1.45 bits per heavy atom. The summed E-state index contributed by atoms with van der Waals surface area (Å²) < 4.78 is 6.90. The van der Waals surface area contributed by atoms with Crippen LogP contribution in [0.25, 0.3) is 10.2 Å². The van der Waals surface area contributed by atoms with E-state index in [1.165, 1.54) is 0 Å². The van der Waals surface area contributed by atoms with Crippen LogP contribution in [-0.4, -0.2) is 28.8 Å². The van der Waals surface area contributed by atoms with Crippen LogP contribution in [0.1, 0.15) is 25.3 Å². The van der Waals surface area contributed by atoms with Gasteiger partial charge >= 0.3 is 6.03 Å². The number of ether oxygens (including phenoxy) is 1. The van der Waals surface area contributed by atoms with Crippen molar-refractivity contribution in [1.29, 1.82) is 0 Å². The van der Waals surface area contributed by atoms with Gasteiger partial charge in [-0.05, 0) is 45.4 Å². The maximum atomic E-state index is 12.3. The van der Waals surface area contributed by atoms with E-state index in [0.717, 1.165) is 33.9 Å². The topological polar surface area (TPSA) is 63.2 Å². The van der Waals surface area contributed by atoms with Crippen molar-refractivity contribution in [2.75, 3.05) is 11.9 Å². The quantitative estimate of drug-likeness (QED) is 0.893. The molecular formula is C16H19N3O2S. The maximum absolute atomic E-state index is 12.3. The SMILES string of the molecule is Cc1nc2cc(NC(=O)NC34CC3COC4(C)C)ccc2s1. The fraction of sp³-hybridized carbons (Fsp3) is 0.500. The van der Waals surface area contributed by atoms with E-state index in [1.54, 1.807) is 11.3 Å². The Morgan fingerprint density at radius 2 is 2.27 bits per heavy atom. The predicted molar refractivity (Wildman–Crippen MR) is 87.4 cm³/mol. The summed E-state index contributed by atoms with van der Waals surface area (Å²) in [6.07, 6.45) is 0.998. The van der Waals surface area contributed by atoms with Gasteiger partial charge in [0.1, 0.15) is 0 Å². The lowest BCUT2D eigenvalue weighted by molar-refractivity contribution is -0.00667. The highest BCUT2D eigenvalue weighted by molar-refractivity contribution is 7.18. The van der Waals surface area contributed by atoms with Crippen molar-refractivity contribution in [2.24, 2.45) is 5.92 Å². The van der Waals surface area contributed by atoms with E-state index in [9.17, 15) is 4.79 Å². The van der Waals surface area contributed by atoms with Crippen molar-refractivity contribution >= 4 is 33.3 Å². The number of urea groups is 1. The number of thiazole rings is 1. The minimum absolute atomic E-state index is 0.174. The minimum atomic E-state index is -0.301. The van der Waals surface area contributed by atoms with Gasteiger partial charge in [0.25, 0.3) is 0 Å². The molecule has 0 spiro atoms. The van der Waals surface area contributed by atoms with E-state index in [-0.39, 0.29) is 17.2 Å². The Kier molecular flexibility index (Phi) is 2.81. The predicted octanol–water partition coefficient (Wildman–Crippen LogP) is 3.29. The molecule has 1 aliphatic carbocycles. The second kappa shape index (κ2) is 4.43. The van der Waals surface area contributed by atoms with Gasteiger partial charge in [0, 0.05) is 11.6 Å². The largest absolute Gasteiger partial charge is 0.373 e. The molecule has 1 aliphatic heterocycles. The molecule has 2 atom stereocenters. The Bertz CT molecular complexity index is 770. The second-order valence-corrected chi connectivity index (χ2v) is 7.92. The van der Waals surface area contributed by atoms with Gasteiger partial charge in [0.15, 0.2) is 0 Å². The summed E-state index contributed by atoms with van der Waals surface area (Å²) in [5.74, 6) is 0.442. The van der Waals surface area contributed by atoms with E-state index >= 15 is 0 Å². The molecule has 1 saturated heterocycles. The number of nitrogens with one attached hydrogen (secondary N) is 2. The standard InChI is InChI=1S/C16H19N3O2S/c1-9-17-12-6-11(4-5-13(12)22-9)18-14(20)19-16-7-10(16)8-21-15(16,2)3/h4-6,10H,7-8H2,1-3H3,(H2,18,19,20). The van der Waals surface area contributed by atoms with Crippen LogP contribution in [0.5, 0.6) is 0 Å². The number of nitrogens with zero attached hydrogens (tertiary/aromatic N) is 1. The number of aryl methyl sites for hydroxylation is 1. The molecule has 1 saturated carbocycles. The third-order valence-corrected chi connectivity index (χ3v) is 5.87. The number of rotatable bonds is 2. The molecule has 1 aromatic carbocycles. The first kappa shape index (κ1) is 14.0. The van der Waals surface area contributed by atoms with Crippen molar-refractivity contribution in [3.05, 3.63) is 23.2 Å². The molecule has 2 aliphatic rings. The average molecular weight is 317 g/mol. The number of anilines is 1. The summed E-state index contributed by atoms with van der Waals surface area (Å²) >= 11 is 1.66. The van der Waals surface area contributed by atoms with Crippen LogP contribution >= 0.6 is 11.3 Å². The van der Waals surface area contributed by atoms with Crippen LogP contribution in [0.15, 0.2) is 18.2 Å². The molecule has 4 rings (SSSR count). The number of carbonyl (C=O) groups is 1. The summed E-state index contributed by atoms with van der Waals surface area (Å²) in [6.45, 7) is 6.81. The van der Waals surface area contributed by atoms with Crippen LogP contribution in [0, 0.1) is 12.8 Å². The summed E-state index contributed by atoms with van der Waals surface area (Å²) in [4.78, 5) is 16.8. The van der Waals surface area contributed by atoms with Gasteiger partial charge in [-0.2, -0.15) is 0 Å². The van der Waals surface area contributed by atoms with Crippen LogP contribution in [0.4, 0.5) is 10.5 Å². The van der Waals surface area contributed by atoms with Gasteiger partial charge in [-0.1, -0.05) is 0 Å². The van der Waals surface area contributed by atoms with Crippen LogP contribution in [0.3, 0.4) is 0 Å². The van der Waals surface area contributed by atoms with Gasteiger partial charge in [-0.15, -0.1) is 11.3 Å². The van der Waals surface area contributed by atoms with Crippen molar-refractivity contribution in [2.45, 2.75) is 38.3 Å². The van der Waals surface area contributed by atoms with E-state index < -0.39 is 0 Å². The van der Waals surface area contributed by atoms with Crippen molar-refractivity contribution < 1.29 is 9.53 Å². The zero-order valence-electron chi connectivity index (χ0n) is 12.9. The molecule has 2 N–H and O–H groups in total. The Labute approximate surface area is 133 Å². The molecule has 0 bridgehead atoms. The van der Waals surface area contributed by atoms with Gasteiger partial charge in [-0.25, -0.2) is 9.78 Å². The monoisotopic (exact) mass is 317 g/mol.